The van der Waals surface area contributed by atoms with Gasteiger partial charge in [-0.1, -0.05) is 48.8 Å². The van der Waals surface area contributed by atoms with E-state index in [1.165, 1.54) is 0 Å². The van der Waals surface area contributed by atoms with E-state index in [1.807, 2.05) is 37.3 Å². The maximum absolute atomic E-state index is 12.8. The first kappa shape index (κ1) is 22.7. The Morgan fingerprint density at radius 1 is 1.12 bits per heavy atom. The quantitative estimate of drug-likeness (QED) is 0.459. The van der Waals surface area contributed by atoms with Gasteiger partial charge in [-0.15, -0.1) is 0 Å². The lowest BCUT2D eigenvalue weighted by molar-refractivity contribution is 0.0892. The van der Waals surface area contributed by atoms with E-state index in [2.05, 4.69) is 20.8 Å². The van der Waals surface area contributed by atoms with Gasteiger partial charge in [-0.2, -0.15) is 4.98 Å². The number of furan rings is 1. The maximum atomic E-state index is 12.8. The Morgan fingerprint density at radius 3 is 2.59 bits per heavy atom. The fraction of sp³-hybridized carbons (Fsp3) is 0.318. The molecule has 0 aliphatic carbocycles. The zero-order valence-electron chi connectivity index (χ0n) is 17.8. The Kier molecular flexibility index (Phi) is 7.74. The van der Waals surface area contributed by atoms with Gasteiger partial charge in [-0.3, -0.25) is 9.59 Å². The van der Waals surface area contributed by atoms with Gasteiger partial charge in [-0.05, 0) is 31.0 Å². The van der Waals surface area contributed by atoms with Crippen LogP contribution in [0.4, 0.5) is 4.79 Å². The number of ether oxygens (including phenoxy) is 1. The maximum Gasteiger partial charge on any atom is 0.408 e. The fourth-order valence-corrected chi connectivity index (χ4v) is 2.86. The zero-order chi connectivity index (χ0) is 22.9. The highest BCUT2D eigenvalue weighted by Gasteiger charge is 2.27. The Morgan fingerprint density at radius 2 is 1.91 bits per heavy atom. The van der Waals surface area contributed by atoms with Crippen molar-refractivity contribution in [3.05, 3.63) is 71.3 Å². The van der Waals surface area contributed by atoms with Crippen LogP contribution in [0.2, 0.25) is 0 Å². The highest BCUT2D eigenvalue weighted by molar-refractivity contribution is 5.99. The van der Waals surface area contributed by atoms with E-state index in [1.54, 1.807) is 19.1 Å². The van der Waals surface area contributed by atoms with E-state index in [4.69, 9.17) is 13.7 Å². The second-order valence-corrected chi connectivity index (χ2v) is 7.03. The van der Waals surface area contributed by atoms with Gasteiger partial charge in [0.05, 0.1) is 12.6 Å². The van der Waals surface area contributed by atoms with Crippen molar-refractivity contribution in [2.45, 2.75) is 45.9 Å². The summed E-state index contributed by atoms with van der Waals surface area (Å²) in [6, 6.07) is 11.8. The van der Waals surface area contributed by atoms with Crippen LogP contribution in [0.1, 0.15) is 58.2 Å². The largest absolute Gasteiger partial charge is 0.465 e. The van der Waals surface area contributed by atoms with Crippen LogP contribution in [0.15, 0.2) is 51.4 Å². The Hall–Kier alpha value is -3.95. The number of nitrogens with one attached hydrogen (secondary N) is 2. The van der Waals surface area contributed by atoms with E-state index < -0.39 is 23.8 Å². The summed E-state index contributed by atoms with van der Waals surface area (Å²) in [5, 5.41) is 8.69. The van der Waals surface area contributed by atoms with Gasteiger partial charge in [0.1, 0.15) is 18.1 Å². The second kappa shape index (κ2) is 10.9. The SMILES string of the molecule is CCC[C@@H](NC(=O)OCc1ccccc1)C(=O)c1noc(C(=O)NCc2ccc(C)o2)n1. The molecular weight excluding hydrogens is 416 g/mol. The number of carbonyl (C=O) groups excluding carboxylic acids is 3. The van der Waals surface area contributed by atoms with Crippen LogP contribution < -0.4 is 10.6 Å². The first-order valence-corrected chi connectivity index (χ1v) is 10.1. The van der Waals surface area contributed by atoms with Crippen LogP contribution in [0.25, 0.3) is 0 Å². The molecule has 0 radical (unpaired) electrons. The Balaban J connectivity index is 1.56. The number of hydrogen-bond donors (Lipinski definition) is 2. The van der Waals surface area contributed by atoms with Crippen molar-refractivity contribution in [3.63, 3.8) is 0 Å². The van der Waals surface area contributed by atoms with Gasteiger partial charge in [-0.25, -0.2) is 4.79 Å². The molecule has 1 atom stereocenters. The van der Waals surface area contributed by atoms with Crippen LogP contribution in [-0.4, -0.2) is 34.0 Å². The first-order chi connectivity index (χ1) is 15.5. The molecule has 32 heavy (non-hydrogen) atoms. The van der Waals surface area contributed by atoms with Crippen molar-refractivity contribution in [1.29, 1.82) is 0 Å². The molecule has 2 heterocycles. The molecule has 0 bridgehead atoms. The molecule has 2 amide bonds. The smallest absolute Gasteiger partial charge is 0.408 e. The number of hydrogen-bond acceptors (Lipinski definition) is 8. The van der Waals surface area contributed by atoms with Gasteiger partial charge >= 0.3 is 17.9 Å². The number of Topliss-reactive ketones (excluding diaryl/α,β-unsaturated/α-hetero) is 1. The summed E-state index contributed by atoms with van der Waals surface area (Å²) in [5.74, 6) is -0.602. The van der Waals surface area contributed by atoms with Crippen LogP contribution >= 0.6 is 0 Å². The molecule has 168 valence electrons. The summed E-state index contributed by atoms with van der Waals surface area (Å²) in [4.78, 5) is 41.0. The average molecular weight is 440 g/mol. The average Bonchev–Trinajstić information content (AvgIpc) is 3.45. The van der Waals surface area contributed by atoms with Gasteiger partial charge in [0.25, 0.3) is 0 Å². The number of carbonyl (C=O) groups is 3. The van der Waals surface area contributed by atoms with E-state index in [9.17, 15) is 14.4 Å². The predicted octanol–water partition coefficient (Wildman–Crippen LogP) is 3.18. The summed E-state index contributed by atoms with van der Waals surface area (Å²) in [6.07, 6.45) is 0.215. The summed E-state index contributed by atoms with van der Waals surface area (Å²) in [6.45, 7) is 3.86. The molecule has 0 spiro atoms. The van der Waals surface area contributed by atoms with Crippen LogP contribution in [0, 0.1) is 6.92 Å². The molecule has 2 aromatic heterocycles. The molecule has 3 rings (SSSR count). The molecule has 0 fully saturated rings. The number of ketones is 1. The minimum Gasteiger partial charge on any atom is -0.465 e. The number of rotatable bonds is 10. The summed E-state index contributed by atoms with van der Waals surface area (Å²) < 4.78 is 15.5. The molecule has 1 aromatic carbocycles. The lowest BCUT2D eigenvalue weighted by Gasteiger charge is -2.15. The topological polar surface area (TPSA) is 137 Å². The van der Waals surface area contributed by atoms with Crippen molar-refractivity contribution in [2.75, 3.05) is 0 Å². The van der Waals surface area contributed by atoms with Gasteiger partial charge in [0.2, 0.25) is 11.6 Å². The molecule has 0 aliphatic heterocycles. The van der Waals surface area contributed by atoms with Crippen LogP contribution in [0.3, 0.4) is 0 Å². The zero-order valence-corrected chi connectivity index (χ0v) is 17.8. The Bertz CT molecular complexity index is 1060. The molecule has 0 aliphatic rings. The molecule has 2 N–H and O–H groups in total. The van der Waals surface area contributed by atoms with Crippen LogP contribution in [-0.2, 0) is 17.9 Å². The Labute approximate surface area is 184 Å². The highest BCUT2D eigenvalue weighted by Crippen LogP contribution is 2.09. The number of nitrogens with zero attached hydrogens (tertiary/aromatic N) is 2. The summed E-state index contributed by atoms with van der Waals surface area (Å²) >= 11 is 0. The summed E-state index contributed by atoms with van der Waals surface area (Å²) in [7, 11) is 0. The van der Waals surface area contributed by atoms with Crippen molar-refractivity contribution in [1.82, 2.24) is 20.8 Å². The van der Waals surface area contributed by atoms with E-state index >= 15 is 0 Å². The van der Waals surface area contributed by atoms with E-state index in [0.717, 1.165) is 11.3 Å². The third-order valence-corrected chi connectivity index (χ3v) is 4.46. The molecule has 10 nitrogen and oxygen atoms in total. The molecule has 0 unspecified atom stereocenters. The molecule has 10 heteroatoms. The molecule has 3 aromatic rings. The fourth-order valence-electron chi connectivity index (χ4n) is 2.86. The van der Waals surface area contributed by atoms with Gasteiger partial charge < -0.3 is 24.3 Å². The molecular formula is C22H24N4O6. The molecule has 0 saturated carbocycles. The van der Waals surface area contributed by atoms with Gasteiger partial charge in [0, 0.05) is 0 Å². The third-order valence-electron chi connectivity index (χ3n) is 4.46. The number of benzene rings is 1. The number of aryl methyl sites for hydroxylation is 1. The predicted molar refractivity (Wildman–Crippen MR) is 112 cm³/mol. The van der Waals surface area contributed by atoms with Crippen molar-refractivity contribution in [3.8, 4) is 0 Å². The minimum atomic E-state index is -0.914. The van der Waals surface area contributed by atoms with Crippen molar-refractivity contribution >= 4 is 17.8 Å². The number of amides is 2. The van der Waals surface area contributed by atoms with E-state index in [0.29, 0.717) is 18.6 Å². The lowest BCUT2D eigenvalue weighted by Crippen LogP contribution is -2.41. The van der Waals surface area contributed by atoms with Crippen molar-refractivity contribution < 1.29 is 28.1 Å². The van der Waals surface area contributed by atoms with Gasteiger partial charge in [0.15, 0.2) is 0 Å². The lowest BCUT2D eigenvalue weighted by atomic mass is 10.1. The van der Waals surface area contributed by atoms with Crippen molar-refractivity contribution in [2.24, 2.45) is 0 Å². The number of alkyl carbamates (subject to hydrolysis) is 1. The summed E-state index contributed by atoms with van der Waals surface area (Å²) in [5.41, 5.74) is 0.819. The third kappa shape index (κ3) is 6.27. The van der Waals surface area contributed by atoms with E-state index in [-0.39, 0.29) is 24.9 Å². The molecule has 0 saturated heterocycles. The standard InChI is InChI=1S/C22H24N4O6/c1-3-7-17(24-22(29)30-13-15-8-5-4-6-9-15)18(27)19-25-21(32-26-19)20(28)23-12-16-11-10-14(2)31-16/h4-6,8-11,17H,3,7,12-13H2,1-2H3,(H,23,28)(H,24,29)/t17-/m1/s1. The highest BCUT2D eigenvalue weighted by atomic mass is 16.5. The second-order valence-electron chi connectivity index (χ2n) is 7.03. The van der Waals surface area contributed by atoms with Crippen LogP contribution in [0.5, 0.6) is 0 Å². The monoisotopic (exact) mass is 440 g/mol. The number of aromatic nitrogens is 2. The normalized spacial score (nSPS) is 11.6. The minimum absolute atomic E-state index is 0.0709. The first-order valence-electron chi connectivity index (χ1n) is 10.1.